The Morgan fingerprint density at radius 1 is 1.14 bits per heavy atom. The van der Waals surface area contributed by atoms with Gasteiger partial charge in [-0.15, -0.1) is 0 Å². The van der Waals surface area contributed by atoms with E-state index in [0.29, 0.717) is 12.5 Å². The highest BCUT2D eigenvalue weighted by molar-refractivity contribution is 6.31. The number of rotatable bonds is 11. The van der Waals surface area contributed by atoms with Crippen LogP contribution in [-0.4, -0.2) is 16.5 Å². The maximum Gasteiger partial charge on any atom is 0.306 e. The summed E-state index contributed by atoms with van der Waals surface area (Å²) in [6.45, 7) is 2.78. The van der Waals surface area contributed by atoms with Crippen LogP contribution in [0.15, 0.2) is 12.1 Å². The molecule has 0 aliphatic carbocycles. The van der Waals surface area contributed by atoms with Gasteiger partial charge in [0.15, 0.2) is 0 Å². The van der Waals surface area contributed by atoms with Gasteiger partial charge in [0.05, 0.1) is 11.5 Å². The Balaban J connectivity index is 2.13. The molecule has 0 aliphatic rings. The molecule has 0 amide bonds. The van der Waals surface area contributed by atoms with Crippen LogP contribution >= 0.6 is 11.6 Å². The van der Waals surface area contributed by atoms with E-state index >= 15 is 0 Å². The molecule has 21 heavy (non-hydrogen) atoms. The van der Waals surface area contributed by atoms with Crippen LogP contribution in [0.3, 0.4) is 0 Å². The number of unbranched alkanes of at least 4 members (excludes halogenated alkanes) is 7. The van der Waals surface area contributed by atoms with Crippen LogP contribution < -0.4 is 4.74 Å². The maximum absolute atomic E-state index is 10.6. The average molecular weight is 315 g/mol. The van der Waals surface area contributed by atoms with Crippen LogP contribution in [0.4, 0.5) is 5.69 Å². The van der Waals surface area contributed by atoms with Gasteiger partial charge >= 0.3 is 5.69 Å². The second-order valence-corrected chi connectivity index (χ2v) is 5.40. The molecule has 0 aromatic carbocycles. The molecule has 0 radical (unpaired) electrons. The van der Waals surface area contributed by atoms with Crippen LogP contribution in [-0.2, 0) is 0 Å². The second kappa shape index (κ2) is 10.4. The van der Waals surface area contributed by atoms with E-state index in [1.54, 1.807) is 0 Å². The van der Waals surface area contributed by atoms with E-state index in [-0.39, 0.29) is 10.8 Å². The molecule has 0 saturated carbocycles. The summed E-state index contributed by atoms with van der Waals surface area (Å²) < 4.78 is 5.45. The Morgan fingerprint density at radius 3 is 2.33 bits per heavy atom. The predicted octanol–water partition coefficient (Wildman–Crippen LogP) is 5.16. The molecular weight excluding hydrogens is 292 g/mol. The van der Waals surface area contributed by atoms with Crippen molar-refractivity contribution in [2.24, 2.45) is 0 Å². The standard InChI is InChI=1S/C15H23ClN2O3/c1-2-3-4-5-6-7-8-9-12-21-14-11-10-13(18(19)20)15(16)17-14/h10-11H,2-9,12H2,1H3. The molecule has 0 N–H and O–H groups in total. The predicted molar refractivity (Wildman–Crippen MR) is 84.0 cm³/mol. The lowest BCUT2D eigenvalue weighted by molar-refractivity contribution is -0.385. The zero-order chi connectivity index (χ0) is 15.5. The van der Waals surface area contributed by atoms with Gasteiger partial charge in [0, 0.05) is 12.1 Å². The molecule has 0 saturated heterocycles. The van der Waals surface area contributed by atoms with E-state index in [9.17, 15) is 10.1 Å². The molecule has 0 spiro atoms. The Hall–Kier alpha value is -1.36. The Bertz CT molecular complexity index is 441. The first-order chi connectivity index (χ1) is 10.1. The fourth-order valence-corrected chi connectivity index (χ4v) is 2.25. The monoisotopic (exact) mass is 314 g/mol. The number of hydrogen-bond donors (Lipinski definition) is 0. The summed E-state index contributed by atoms with van der Waals surface area (Å²) in [7, 11) is 0. The molecule has 0 bridgehead atoms. The van der Waals surface area contributed by atoms with E-state index in [1.165, 1.54) is 50.7 Å². The normalized spacial score (nSPS) is 10.6. The molecular formula is C15H23ClN2O3. The van der Waals surface area contributed by atoms with Gasteiger partial charge in [0.1, 0.15) is 0 Å². The first-order valence-electron chi connectivity index (χ1n) is 7.59. The van der Waals surface area contributed by atoms with E-state index in [2.05, 4.69) is 11.9 Å². The van der Waals surface area contributed by atoms with Gasteiger partial charge in [-0.1, -0.05) is 63.5 Å². The van der Waals surface area contributed by atoms with Crippen LogP contribution in [0.25, 0.3) is 0 Å². The highest BCUT2D eigenvalue weighted by atomic mass is 35.5. The van der Waals surface area contributed by atoms with Gasteiger partial charge in [-0.05, 0) is 6.42 Å². The quantitative estimate of drug-likeness (QED) is 0.245. The Kier molecular flexibility index (Phi) is 8.74. The number of hydrogen-bond acceptors (Lipinski definition) is 4. The summed E-state index contributed by atoms with van der Waals surface area (Å²) in [5, 5.41) is 10.5. The molecule has 1 aromatic rings. The fourth-order valence-electron chi connectivity index (χ4n) is 2.04. The number of nitro groups is 1. The van der Waals surface area contributed by atoms with E-state index in [1.807, 2.05) is 0 Å². The fraction of sp³-hybridized carbons (Fsp3) is 0.667. The number of halogens is 1. The minimum absolute atomic E-state index is 0.131. The molecule has 118 valence electrons. The summed E-state index contributed by atoms with van der Waals surface area (Å²) in [6, 6.07) is 2.80. The molecule has 1 heterocycles. The van der Waals surface area contributed by atoms with Crippen molar-refractivity contribution in [1.82, 2.24) is 4.98 Å². The lowest BCUT2D eigenvalue weighted by Gasteiger charge is -2.05. The number of pyridine rings is 1. The number of aromatic nitrogens is 1. The highest BCUT2D eigenvalue weighted by Crippen LogP contribution is 2.24. The smallest absolute Gasteiger partial charge is 0.306 e. The van der Waals surface area contributed by atoms with Crippen molar-refractivity contribution in [1.29, 1.82) is 0 Å². The Labute approximate surface area is 130 Å². The van der Waals surface area contributed by atoms with Crippen molar-refractivity contribution in [2.75, 3.05) is 6.61 Å². The summed E-state index contributed by atoms with van der Waals surface area (Å²) in [6.07, 6.45) is 9.85. The average Bonchev–Trinajstić information content (AvgIpc) is 2.45. The molecule has 5 nitrogen and oxygen atoms in total. The second-order valence-electron chi connectivity index (χ2n) is 5.04. The van der Waals surface area contributed by atoms with E-state index in [4.69, 9.17) is 16.3 Å². The van der Waals surface area contributed by atoms with E-state index < -0.39 is 4.92 Å². The minimum Gasteiger partial charge on any atom is -0.478 e. The summed E-state index contributed by atoms with van der Waals surface area (Å²) >= 11 is 5.71. The summed E-state index contributed by atoms with van der Waals surface area (Å²) in [5.41, 5.74) is -0.198. The van der Waals surface area contributed by atoms with Crippen molar-refractivity contribution >= 4 is 17.3 Å². The number of nitrogens with zero attached hydrogens (tertiary/aromatic N) is 2. The van der Waals surface area contributed by atoms with Gasteiger partial charge < -0.3 is 4.74 Å². The molecule has 1 aromatic heterocycles. The molecule has 1 rings (SSSR count). The summed E-state index contributed by atoms with van der Waals surface area (Å²) in [4.78, 5) is 13.9. The van der Waals surface area contributed by atoms with Gasteiger partial charge in [-0.3, -0.25) is 10.1 Å². The molecule has 0 unspecified atom stereocenters. The van der Waals surface area contributed by atoms with Crippen LogP contribution in [0, 0.1) is 10.1 Å². The van der Waals surface area contributed by atoms with Gasteiger partial charge in [0.25, 0.3) is 0 Å². The van der Waals surface area contributed by atoms with Gasteiger partial charge in [-0.25, -0.2) is 0 Å². The lowest BCUT2D eigenvalue weighted by Crippen LogP contribution is -2.00. The third-order valence-corrected chi connectivity index (χ3v) is 3.53. The maximum atomic E-state index is 10.6. The van der Waals surface area contributed by atoms with Gasteiger partial charge in [-0.2, -0.15) is 4.98 Å². The highest BCUT2D eigenvalue weighted by Gasteiger charge is 2.14. The molecule has 6 heteroatoms. The zero-order valence-corrected chi connectivity index (χ0v) is 13.3. The Morgan fingerprint density at radius 2 is 1.76 bits per heavy atom. The molecule has 0 aliphatic heterocycles. The third-order valence-electron chi connectivity index (χ3n) is 3.25. The zero-order valence-electron chi connectivity index (χ0n) is 12.5. The van der Waals surface area contributed by atoms with Crippen molar-refractivity contribution in [2.45, 2.75) is 58.3 Å². The lowest BCUT2D eigenvalue weighted by atomic mass is 10.1. The first-order valence-corrected chi connectivity index (χ1v) is 7.96. The number of ether oxygens (including phenoxy) is 1. The topological polar surface area (TPSA) is 65.3 Å². The van der Waals surface area contributed by atoms with Crippen LogP contribution in [0.1, 0.15) is 58.3 Å². The largest absolute Gasteiger partial charge is 0.478 e. The van der Waals surface area contributed by atoms with Crippen molar-refractivity contribution in [3.8, 4) is 5.88 Å². The third kappa shape index (κ3) is 7.27. The first kappa shape index (κ1) is 17.7. The van der Waals surface area contributed by atoms with Crippen LogP contribution in [0.5, 0.6) is 5.88 Å². The van der Waals surface area contributed by atoms with Crippen LogP contribution in [0.2, 0.25) is 5.15 Å². The molecule has 0 atom stereocenters. The minimum atomic E-state index is -0.558. The van der Waals surface area contributed by atoms with Crippen molar-refractivity contribution in [3.05, 3.63) is 27.4 Å². The van der Waals surface area contributed by atoms with Gasteiger partial charge in [0.2, 0.25) is 11.0 Å². The summed E-state index contributed by atoms with van der Waals surface area (Å²) in [5.74, 6) is 0.341. The van der Waals surface area contributed by atoms with Crippen molar-refractivity contribution < 1.29 is 9.66 Å². The SMILES string of the molecule is CCCCCCCCCCOc1ccc([N+](=O)[O-])c(Cl)n1. The van der Waals surface area contributed by atoms with Crippen molar-refractivity contribution in [3.63, 3.8) is 0 Å². The van der Waals surface area contributed by atoms with E-state index in [0.717, 1.165) is 12.8 Å². The molecule has 0 fully saturated rings.